The predicted molar refractivity (Wildman–Crippen MR) is 202 cm³/mol. The molecule has 0 aliphatic heterocycles. The Morgan fingerprint density at radius 3 is 1.57 bits per heavy atom. The van der Waals surface area contributed by atoms with Crippen LogP contribution in [0.25, 0.3) is 65.3 Å². The van der Waals surface area contributed by atoms with Crippen LogP contribution in [0.2, 0.25) is 0 Å². The van der Waals surface area contributed by atoms with Gasteiger partial charge in [-0.25, -0.2) is 0 Å². The van der Waals surface area contributed by atoms with Crippen molar-refractivity contribution in [1.82, 2.24) is 0 Å². The summed E-state index contributed by atoms with van der Waals surface area (Å²) in [5, 5.41) is 8.07. The predicted octanol–water partition coefficient (Wildman–Crippen LogP) is 13.1. The first-order valence-electron chi connectivity index (χ1n) is 17.9. The van der Waals surface area contributed by atoms with E-state index in [1.807, 2.05) is 102 Å². The maximum absolute atomic E-state index is 9.68. The maximum atomic E-state index is 9.68. The fourth-order valence-electron chi connectivity index (χ4n) is 6.88. The molecule has 0 amide bonds. The first kappa shape index (κ1) is 23.2. The molecule has 0 saturated carbocycles. The Balaban J connectivity index is 1.36. The lowest BCUT2D eigenvalue weighted by atomic mass is 9.93. The summed E-state index contributed by atoms with van der Waals surface area (Å²) < 4.78 is 38.5. The molecule has 0 saturated heterocycles. The van der Waals surface area contributed by atoms with Gasteiger partial charge < -0.3 is 4.90 Å². The van der Waals surface area contributed by atoms with Crippen LogP contribution >= 0.6 is 0 Å². The smallest absolute Gasteiger partial charge is 0.0645 e. The average molecular weight is 602 g/mol. The van der Waals surface area contributed by atoms with Gasteiger partial charge in [-0.1, -0.05) is 152 Å². The van der Waals surface area contributed by atoms with Gasteiger partial charge in [-0.15, -0.1) is 0 Å². The van der Waals surface area contributed by atoms with Gasteiger partial charge in [0.05, 0.1) is 11.2 Å². The summed E-state index contributed by atoms with van der Waals surface area (Å²) in [4.78, 5) is 1.92. The zero-order chi connectivity index (χ0) is 34.6. The molecular weight excluding hydrogens is 567 g/mol. The highest BCUT2D eigenvalue weighted by atomic mass is 15.1. The van der Waals surface area contributed by atoms with Gasteiger partial charge in [0.2, 0.25) is 0 Å². The summed E-state index contributed by atoms with van der Waals surface area (Å²) in [6, 6.07) is 54.5. The molecule has 9 aromatic rings. The van der Waals surface area contributed by atoms with Gasteiger partial charge in [-0.3, -0.25) is 0 Å². The van der Waals surface area contributed by atoms with Crippen molar-refractivity contribution >= 4 is 60.2 Å². The number of nitrogens with zero attached hydrogens (tertiary/aromatic N) is 1. The van der Waals surface area contributed by atoms with E-state index in [0.29, 0.717) is 5.56 Å². The Morgan fingerprint density at radius 1 is 0.340 bits per heavy atom. The second-order valence-corrected chi connectivity index (χ2v) is 11.8. The topological polar surface area (TPSA) is 3.24 Å². The lowest BCUT2D eigenvalue weighted by molar-refractivity contribution is 1.30. The Hall–Kier alpha value is -6.18. The van der Waals surface area contributed by atoms with Crippen molar-refractivity contribution < 1.29 is 5.48 Å². The Kier molecular flexibility index (Phi) is 5.59. The minimum Gasteiger partial charge on any atom is -0.310 e. The fraction of sp³-hybridized carbons (Fsp3) is 0. The third-order valence-electron chi connectivity index (χ3n) is 9.07. The van der Waals surface area contributed by atoms with E-state index in [-0.39, 0.29) is 35.4 Å². The van der Waals surface area contributed by atoms with Crippen LogP contribution in [0.3, 0.4) is 0 Å². The Bertz CT molecular complexity index is 2780. The maximum Gasteiger partial charge on any atom is 0.0645 e. The highest BCUT2D eigenvalue weighted by Gasteiger charge is 2.18. The average Bonchev–Trinajstić information content (AvgIpc) is 3.19. The van der Waals surface area contributed by atoms with Gasteiger partial charge in [0.25, 0.3) is 0 Å². The first-order valence-corrected chi connectivity index (χ1v) is 15.9. The molecule has 0 aliphatic carbocycles. The van der Waals surface area contributed by atoms with E-state index in [1.165, 1.54) is 0 Å². The second kappa shape index (κ2) is 11.3. The van der Waals surface area contributed by atoms with Crippen molar-refractivity contribution in [2.24, 2.45) is 0 Å². The Morgan fingerprint density at radius 2 is 0.872 bits per heavy atom. The van der Waals surface area contributed by atoms with Crippen molar-refractivity contribution in [2.45, 2.75) is 0 Å². The molecule has 220 valence electrons. The van der Waals surface area contributed by atoms with Gasteiger partial charge in [0.1, 0.15) is 0 Å². The van der Waals surface area contributed by atoms with Crippen molar-refractivity contribution in [3.05, 3.63) is 188 Å². The number of hydrogen-bond acceptors (Lipinski definition) is 1. The summed E-state index contributed by atoms with van der Waals surface area (Å²) in [5.41, 5.74) is 4.71. The Labute approximate surface area is 280 Å². The zero-order valence-electron chi connectivity index (χ0n) is 29.5. The van der Waals surface area contributed by atoms with Crippen LogP contribution in [0, 0.1) is 0 Å². The van der Waals surface area contributed by atoms with Crippen molar-refractivity contribution in [3.8, 4) is 22.3 Å². The summed E-state index contributed by atoms with van der Waals surface area (Å²) >= 11 is 0. The monoisotopic (exact) mass is 601 g/mol. The minimum atomic E-state index is -0.106. The molecule has 0 bridgehead atoms. The number of rotatable bonds is 5. The standard InChI is InChI=1S/C46H31N/c1-2-13-32(14-3-1)34-17-12-18-38(29-34)47(46-31-36-16-5-7-20-40(36)42-22-10-11-24-44(42)46)37-27-25-33(26-28-37)45-30-35-15-4-6-19-39(35)41-21-8-9-23-43(41)45/h1-31H/i25D,26D,27D,28D. The van der Waals surface area contributed by atoms with Crippen LogP contribution in [0.1, 0.15) is 5.48 Å². The van der Waals surface area contributed by atoms with Gasteiger partial charge in [-0.2, -0.15) is 0 Å². The van der Waals surface area contributed by atoms with Crippen LogP contribution in [-0.4, -0.2) is 0 Å². The largest absolute Gasteiger partial charge is 0.310 e. The van der Waals surface area contributed by atoms with E-state index >= 15 is 0 Å². The number of benzene rings is 9. The molecule has 0 N–H and O–H groups in total. The molecule has 0 atom stereocenters. The molecule has 0 radical (unpaired) electrons. The van der Waals surface area contributed by atoms with Crippen LogP contribution in [-0.2, 0) is 0 Å². The van der Waals surface area contributed by atoms with E-state index in [2.05, 4.69) is 66.7 Å². The van der Waals surface area contributed by atoms with Gasteiger partial charge in [0, 0.05) is 16.8 Å². The summed E-state index contributed by atoms with van der Waals surface area (Å²) in [5.74, 6) is 0. The van der Waals surface area contributed by atoms with Crippen LogP contribution in [0.15, 0.2) is 188 Å². The van der Waals surface area contributed by atoms with Gasteiger partial charge in [0.15, 0.2) is 0 Å². The third kappa shape index (κ3) is 4.72. The quantitative estimate of drug-likeness (QED) is 0.177. The van der Waals surface area contributed by atoms with E-state index in [4.69, 9.17) is 0 Å². The summed E-state index contributed by atoms with van der Waals surface area (Å²) in [7, 11) is 0. The molecular formula is C46H31N. The SMILES string of the molecule is [2H]c1c([2H])c(N(c2cccc(-c3ccccc3)c2)c2cc3ccccc3c3ccccc23)c([2H])c([2H])c1-c1cc2ccccc2c2ccccc12. The van der Waals surface area contributed by atoms with E-state index in [0.717, 1.165) is 65.6 Å². The van der Waals surface area contributed by atoms with Gasteiger partial charge >= 0.3 is 0 Å². The molecule has 0 unspecified atom stereocenters. The van der Waals surface area contributed by atoms with Gasteiger partial charge in [-0.05, 0) is 96.3 Å². The fourth-order valence-corrected chi connectivity index (χ4v) is 6.88. The first-order chi connectivity index (χ1) is 25.0. The van der Waals surface area contributed by atoms with E-state index in [9.17, 15) is 5.48 Å². The molecule has 9 aromatic carbocycles. The van der Waals surface area contributed by atoms with Crippen molar-refractivity contribution in [3.63, 3.8) is 0 Å². The van der Waals surface area contributed by atoms with Crippen molar-refractivity contribution in [1.29, 1.82) is 0 Å². The molecule has 9 rings (SSSR count). The number of anilines is 3. The molecule has 0 spiro atoms. The minimum absolute atomic E-state index is 0.0826. The summed E-state index contributed by atoms with van der Waals surface area (Å²) in [6.45, 7) is 0. The highest BCUT2D eigenvalue weighted by molar-refractivity contribution is 6.15. The highest BCUT2D eigenvalue weighted by Crippen LogP contribution is 2.44. The number of fused-ring (bicyclic) bond motifs is 6. The van der Waals surface area contributed by atoms with Crippen LogP contribution < -0.4 is 4.90 Å². The van der Waals surface area contributed by atoms with Crippen LogP contribution in [0.5, 0.6) is 0 Å². The molecule has 0 aromatic heterocycles. The van der Waals surface area contributed by atoms with E-state index < -0.39 is 0 Å². The third-order valence-corrected chi connectivity index (χ3v) is 9.07. The zero-order valence-corrected chi connectivity index (χ0v) is 25.5. The molecule has 47 heavy (non-hydrogen) atoms. The lowest BCUT2D eigenvalue weighted by Crippen LogP contribution is -2.10. The molecule has 0 aliphatic rings. The lowest BCUT2D eigenvalue weighted by Gasteiger charge is -2.28. The van der Waals surface area contributed by atoms with Crippen molar-refractivity contribution in [2.75, 3.05) is 4.90 Å². The molecule has 1 nitrogen and oxygen atoms in total. The summed E-state index contributed by atoms with van der Waals surface area (Å²) in [6.07, 6.45) is 0. The second-order valence-electron chi connectivity index (χ2n) is 11.8. The van der Waals surface area contributed by atoms with E-state index in [1.54, 1.807) is 0 Å². The molecule has 0 fully saturated rings. The molecule has 1 heteroatoms. The van der Waals surface area contributed by atoms with Crippen LogP contribution in [0.4, 0.5) is 17.1 Å². The normalized spacial score (nSPS) is 12.6. The molecule has 0 heterocycles. The number of hydrogen-bond donors (Lipinski definition) is 0.